The number of rotatable bonds is 6. The molecule has 1 aromatic rings. The zero-order chi connectivity index (χ0) is 17.5. The van der Waals surface area contributed by atoms with Crippen LogP contribution in [-0.4, -0.2) is 52.4 Å². The molecular weight excluding hydrogens is 324 g/mol. The van der Waals surface area contributed by atoms with E-state index in [-0.39, 0.29) is 6.04 Å². The standard InChI is InChI=1S/C18H29ClN4O/c1-13-5-6-16(19)9-17(13)23-8-7-15(11-23)10-21-18(20-3)22-14(2)12-24-4/h5-6,9,14-15H,7-8,10-12H2,1-4H3,(H2,20,21,22). The van der Waals surface area contributed by atoms with Crippen LogP contribution in [0.4, 0.5) is 5.69 Å². The quantitative estimate of drug-likeness (QED) is 0.610. The van der Waals surface area contributed by atoms with E-state index in [1.54, 1.807) is 14.2 Å². The zero-order valence-electron chi connectivity index (χ0n) is 15.1. The molecule has 1 saturated heterocycles. The molecule has 1 heterocycles. The Balaban J connectivity index is 1.84. The van der Waals surface area contributed by atoms with Gasteiger partial charge in [0.15, 0.2) is 5.96 Å². The van der Waals surface area contributed by atoms with Gasteiger partial charge in [-0.2, -0.15) is 0 Å². The average molecular weight is 353 g/mol. The molecule has 1 aliphatic rings. The summed E-state index contributed by atoms with van der Waals surface area (Å²) in [5.74, 6) is 1.43. The number of ether oxygens (including phenoxy) is 1. The van der Waals surface area contributed by atoms with Gasteiger partial charge >= 0.3 is 0 Å². The highest BCUT2D eigenvalue weighted by atomic mass is 35.5. The predicted octanol–water partition coefficient (Wildman–Crippen LogP) is 2.67. The second-order valence-electron chi connectivity index (χ2n) is 6.49. The van der Waals surface area contributed by atoms with Crippen molar-refractivity contribution < 1.29 is 4.74 Å². The Morgan fingerprint density at radius 2 is 2.29 bits per heavy atom. The summed E-state index contributed by atoms with van der Waals surface area (Å²) in [4.78, 5) is 6.71. The normalized spacial score (nSPS) is 19.5. The summed E-state index contributed by atoms with van der Waals surface area (Å²) in [5, 5.41) is 7.56. The van der Waals surface area contributed by atoms with Crippen LogP contribution in [0.25, 0.3) is 0 Å². The summed E-state index contributed by atoms with van der Waals surface area (Å²) in [7, 11) is 3.50. The van der Waals surface area contributed by atoms with Gasteiger partial charge in [0.05, 0.1) is 6.61 Å². The molecule has 2 N–H and O–H groups in total. The third-order valence-corrected chi connectivity index (χ3v) is 4.61. The summed E-state index contributed by atoms with van der Waals surface area (Å²) in [6, 6.07) is 6.34. The highest BCUT2D eigenvalue weighted by molar-refractivity contribution is 6.30. The molecule has 0 aromatic heterocycles. The first kappa shape index (κ1) is 18.9. The average Bonchev–Trinajstić information content (AvgIpc) is 3.02. The maximum absolute atomic E-state index is 6.15. The van der Waals surface area contributed by atoms with Crippen molar-refractivity contribution in [2.75, 3.05) is 45.3 Å². The van der Waals surface area contributed by atoms with E-state index in [4.69, 9.17) is 16.3 Å². The number of nitrogens with zero attached hydrogens (tertiary/aromatic N) is 2. The Labute approximate surface area is 150 Å². The van der Waals surface area contributed by atoms with E-state index in [9.17, 15) is 0 Å². The lowest BCUT2D eigenvalue weighted by Crippen LogP contribution is -2.45. The van der Waals surface area contributed by atoms with E-state index in [2.05, 4.69) is 46.5 Å². The van der Waals surface area contributed by atoms with E-state index in [1.807, 2.05) is 6.07 Å². The molecule has 2 atom stereocenters. The van der Waals surface area contributed by atoms with E-state index in [1.165, 1.54) is 17.7 Å². The first-order valence-electron chi connectivity index (χ1n) is 8.50. The first-order valence-corrected chi connectivity index (χ1v) is 8.88. The molecule has 2 rings (SSSR count). The van der Waals surface area contributed by atoms with Crippen LogP contribution < -0.4 is 15.5 Å². The van der Waals surface area contributed by atoms with Crippen molar-refractivity contribution in [2.24, 2.45) is 10.9 Å². The summed E-state index contributed by atoms with van der Waals surface area (Å²) < 4.78 is 5.15. The number of aliphatic imine (C=N–C) groups is 1. The van der Waals surface area contributed by atoms with Gasteiger partial charge in [-0.25, -0.2) is 0 Å². The topological polar surface area (TPSA) is 48.9 Å². The zero-order valence-corrected chi connectivity index (χ0v) is 15.9. The molecule has 0 aliphatic carbocycles. The SMILES string of the molecule is CN=C(NCC1CCN(c2cc(Cl)ccc2C)C1)NC(C)COC. The Morgan fingerprint density at radius 3 is 3.00 bits per heavy atom. The van der Waals surface area contributed by atoms with Crippen molar-refractivity contribution >= 4 is 23.2 Å². The van der Waals surface area contributed by atoms with Gasteiger partial charge in [0.1, 0.15) is 0 Å². The molecule has 0 amide bonds. The molecule has 134 valence electrons. The fraction of sp³-hybridized carbons (Fsp3) is 0.611. The highest BCUT2D eigenvalue weighted by Crippen LogP contribution is 2.29. The van der Waals surface area contributed by atoms with Crippen molar-refractivity contribution in [3.8, 4) is 0 Å². The number of nitrogens with one attached hydrogen (secondary N) is 2. The number of benzene rings is 1. The van der Waals surface area contributed by atoms with Crippen LogP contribution >= 0.6 is 11.6 Å². The first-order chi connectivity index (χ1) is 11.5. The van der Waals surface area contributed by atoms with Crippen LogP contribution in [0.2, 0.25) is 5.02 Å². The largest absolute Gasteiger partial charge is 0.383 e. The van der Waals surface area contributed by atoms with Crippen LogP contribution in [0.15, 0.2) is 23.2 Å². The van der Waals surface area contributed by atoms with E-state index < -0.39 is 0 Å². The Hall–Kier alpha value is -1.46. The van der Waals surface area contributed by atoms with Crippen molar-refractivity contribution in [3.63, 3.8) is 0 Å². The van der Waals surface area contributed by atoms with Crippen LogP contribution in [0, 0.1) is 12.8 Å². The van der Waals surface area contributed by atoms with Crippen LogP contribution in [0.3, 0.4) is 0 Å². The molecule has 0 spiro atoms. The second-order valence-corrected chi connectivity index (χ2v) is 6.92. The Morgan fingerprint density at radius 1 is 1.50 bits per heavy atom. The van der Waals surface area contributed by atoms with Gasteiger partial charge in [-0.05, 0) is 43.9 Å². The summed E-state index contributed by atoms with van der Waals surface area (Å²) >= 11 is 6.15. The third-order valence-electron chi connectivity index (χ3n) is 4.38. The van der Waals surface area contributed by atoms with Crippen molar-refractivity contribution in [1.82, 2.24) is 10.6 Å². The maximum Gasteiger partial charge on any atom is 0.191 e. The lowest BCUT2D eigenvalue weighted by molar-refractivity contribution is 0.179. The van der Waals surface area contributed by atoms with Gasteiger partial charge in [-0.3, -0.25) is 4.99 Å². The molecule has 0 radical (unpaired) electrons. The summed E-state index contributed by atoms with van der Waals surface area (Å²) in [6.07, 6.45) is 1.17. The molecule has 6 heteroatoms. The highest BCUT2D eigenvalue weighted by Gasteiger charge is 2.24. The lowest BCUT2D eigenvalue weighted by atomic mass is 10.1. The molecule has 1 fully saturated rings. The number of aryl methyl sites for hydroxylation is 1. The van der Waals surface area contributed by atoms with Crippen LogP contribution in [0.5, 0.6) is 0 Å². The molecule has 0 bridgehead atoms. The number of hydrogen-bond donors (Lipinski definition) is 2. The van der Waals surface area contributed by atoms with Gasteiger partial charge in [0.2, 0.25) is 0 Å². The minimum atomic E-state index is 0.232. The predicted molar refractivity (Wildman–Crippen MR) is 102 cm³/mol. The van der Waals surface area contributed by atoms with Gasteiger partial charge in [0.25, 0.3) is 0 Å². The van der Waals surface area contributed by atoms with Gasteiger partial charge in [-0.15, -0.1) is 0 Å². The smallest absolute Gasteiger partial charge is 0.191 e. The van der Waals surface area contributed by atoms with Gasteiger partial charge in [-0.1, -0.05) is 17.7 Å². The molecule has 0 saturated carbocycles. The molecular formula is C18H29ClN4O. The number of methoxy groups -OCH3 is 1. The van der Waals surface area contributed by atoms with E-state index >= 15 is 0 Å². The fourth-order valence-electron chi connectivity index (χ4n) is 3.10. The van der Waals surface area contributed by atoms with E-state index in [0.717, 1.165) is 30.6 Å². The molecule has 1 aliphatic heterocycles. The van der Waals surface area contributed by atoms with Crippen LogP contribution in [-0.2, 0) is 4.74 Å². The fourth-order valence-corrected chi connectivity index (χ4v) is 3.27. The van der Waals surface area contributed by atoms with Gasteiger partial charge in [0, 0.05) is 50.5 Å². The summed E-state index contributed by atoms with van der Waals surface area (Å²) in [5.41, 5.74) is 2.53. The minimum Gasteiger partial charge on any atom is -0.383 e. The van der Waals surface area contributed by atoms with Gasteiger partial charge < -0.3 is 20.3 Å². The Bertz CT molecular complexity index is 564. The number of anilines is 1. The van der Waals surface area contributed by atoms with Crippen molar-refractivity contribution in [3.05, 3.63) is 28.8 Å². The molecule has 1 aromatic carbocycles. The third kappa shape index (κ3) is 5.28. The summed E-state index contributed by atoms with van der Waals surface area (Å²) in [6.45, 7) is 7.90. The maximum atomic E-state index is 6.15. The monoisotopic (exact) mass is 352 g/mol. The number of halogens is 1. The Kier molecular flexibility index (Phi) is 7.18. The minimum absolute atomic E-state index is 0.232. The second kappa shape index (κ2) is 9.14. The molecule has 2 unspecified atom stereocenters. The van der Waals surface area contributed by atoms with Crippen molar-refractivity contribution in [1.29, 1.82) is 0 Å². The molecule has 24 heavy (non-hydrogen) atoms. The number of hydrogen-bond acceptors (Lipinski definition) is 3. The lowest BCUT2D eigenvalue weighted by Gasteiger charge is -2.22. The van der Waals surface area contributed by atoms with E-state index in [0.29, 0.717) is 12.5 Å². The molecule has 5 nitrogen and oxygen atoms in total. The van der Waals surface area contributed by atoms with Crippen molar-refractivity contribution in [2.45, 2.75) is 26.3 Å². The number of guanidine groups is 1. The van der Waals surface area contributed by atoms with Crippen LogP contribution in [0.1, 0.15) is 18.9 Å².